The zero-order valence-electron chi connectivity index (χ0n) is 19.4. The number of anilines is 1. The number of fused-ring (bicyclic) bond motifs is 1. The van der Waals surface area contributed by atoms with E-state index in [0.717, 1.165) is 40.9 Å². The highest BCUT2D eigenvalue weighted by Crippen LogP contribution is 2.32. The fourth-order valence-electron chi connectivity index (χ4n) is 4.31. The van der Waals surface area contributed by atoms with Crippen LogP contribution in [0.15, 0.2) is 53.4 Å². The van der Waals surface area contributed by atoms with Gasteiger partial charge in [-0.3, -0.25) is 4.79 Å². The molecule has 1 aliphatic heterocycles. The Balaban J connectivity index is 1.43. The third kappa shape index (κ3) is 4.61. The summed E-state index contributed by atoms with van der Waals surface area (Å²) >= 11 is 7.35. The Hall–Kier alpha value is -2.72. The van der Waals surface area contributed by atoms with Crippen molar-refractivity contribution in [3.8, 4) is 5.69 Å². The summed E-state index contributed by atoms with van der Waals surface area (Å²) in [6.45, 7) is 4.74. The fourth-order valence-corrected chi connectivity index (χ4v) is 7.28. The van der Waals surface area contributed by atoms with Crippen molar-refractivity contribution < 1.29 is 13.2 Å². The van der Waals surface area contributed by atoms with Gasteiger partial charge in [-0.25, -0.2) is 13.1 Å². The van der Waals surface area contributed by atoms with E-state index in [1.54, 1.807) is 46.2 Å². The van der Waals surface area contributed by atoms with E-state index in [1.165, 1.54) is 11.3 Å². The number of carbonyl (C=O) groups is 1. The van der Waals surface area contributed by atoms with Crippen LogP contribution < -0.4 is 5.32 Å². The highest BCUT2D eigenvalue weighted by Gasteiger charge is 2.28. The zero-order chi connectivity index (χ0) is 24.7. The molecule has 1 aliphatic rings. The molecule has 7 nitrogen and oxygen atoms in total. The average Bonchev–Trinajstić information content (AvgIpc) is 3.42. The van der Waals surface area contributed by atoms with Crippen molar-refractivity contribution in [2.45, 2.75) is 38.0 Å². The minimum absolute atomic E-state index is 0.239. The third-order valence-electron chi connectivity index (χ3n) is 6.22. The molecule has 0 atom stereocenters. The molecule has 10 heteroatoms. The highest BCUT2D eigenvalue weighted by atomic mass is 35.5. The average molecular weight is 529 g/mol. The van der Waals surface area contributed by atoms with Crippen LogP contribution in [0, 0.1) is 13.8 Å². The lowest BCUT2D eigenvalue weighted by atomic mass is 10.2. The van der Waals surface area contributed by atoms with Crippen LogP contribution in [0.1, 0.15) is 40.2 Å². The van der Waals surface area contributed by atoms with Crippen molar-refractivity contribution in [3.05, 3.63) is 69.7 Å². The van der Waals surface area contributed by atoms with E-state index in [4.69, 9.17) is 11.6 Å². The summed E-state index contributed by atoms with van der Waals surface area (Å²) in [4.78, 5) is 14.7. The van der Waals surface area contributed by atoms with Crippen LogP contribution in [0.4, 0.5) is 5.69 Å². The van der Waals surface area contributed by atoms with Crippen LogP contribution in [-0.2, 0) is 10.0 Å². The second kappa shape index (κ2) is 9.39. The Morgan fingerprint density at radius 2 is 1.74 bits per heavy atom. The zero-order valence-corrected chi connectivity index (χ0v) is 21.8. The Morgan fingerprint density at radius 3 is 2.46 bits per heavy atom. The number of aryl methyl sites for hydroxylation is 2. The lowest BCUT2D eigenvalue weighted by Gasteiger charge is -2.26. The largest absolute Gasteiger partial charge is 0.321 e. The maximum atomic E-state index is 13.2. The van der Waals surface area contributed by atoms with Gasteiger partial charge in [0.1, 0.15) is 4.83 Å². The van der Waals surface area contributed by atoms with E-state index in [2.05, 4.69) is 10.4 Å². The first-order chi connectivity index (χ1) is 16.7. The van der Waals surface area contributed by atoms with Crippen molar-refractivity contribution in [3.63, 3.8) is 0 Å². The lowest BCUT2D eigenvalue weighted by Crippen LogP contribution is -2.36. The van der Waals surface area contributed by atoms with Gasteiger partial charge in [-0.15, -0.1) is 11.3 Å². The summed E-state index contributed by atoms with van der Waals surface area (Å²) in [7, 11) is -3.61. The number of halogens is 1. The second-order valence-electron chi connectivity index (χ2n) is 8.70. The molecular weight excluding hydrogens is 504 g/mol. The molecule has 2 aromatic heterocycles. The van der Waals surface area contributed by atoms with Crippen LogP contribution in [0.25, 0.3) is 15.9 Å². The molecule has 4 aromatic rings. The van der Waals surface area contributed by atoms with Crippen LogP contribution >= 0.6 is 22.9 Å². The molecule has 1 saturated heterocycles. The predicted octanol–water partition coefficient (Wildman–Crippen LogP) is 5.78. The number of benzene rings is 2. The Labute approximate surface area is 213 Å². The van der Waals surface area contributed by atoms with Gasteiger partial charge >= 0.3 is 0 Å². The number of hydrogen-bond donors (Lipinski definition) is 1. The molecule has 0 spiro atoms. The predicted molar refractivity (Wildman–Crippen MR) is 140 cm³/mol. The molecule has 5 rings (SSSR count). The van der Waals surface area contributed by atoms with Gasteiger partial charge in [0.05, 0.1) is 21.2 Å². The van der Waals surface area contributed by atoms with Gasteiger partial charge < -0.3 is 5.32 Å². The number of carbonyl (C=O) groups excluding carboxylic acids is 1. The quantitative estimate of drug-likeness (QED) is 0.355. The van der Waals surface area contributed by atoms with E-state index in [-0.39, 0.29) is 10.8 Å². The molecule has 0 unspecified atom stereocenters. The number of rotatable bonds is 5. The van der Waals surface area contributed by atoms with E-state index < -0.39 is 10.0 Å². The van der Waals surface area contributed by atoms with Gasteiger partial charge in [-0.1, -0.05) is 24.1 Å². The van der Waals surface area contributed by atoms with Gasteiger partial charge in [-0.05, 0) is 74.7 Å². The van der Waals surface area contributed by atoms with Crippen molar-refractivity contribution >= 4 is 54.8 Å². The summed E-state index contributed by atoms with van der Waals surface area (Å²) in [6.07, 6.45) is 2.78. The molecule has 0 saturated carbocycles. The molecule has 0 bridgehead atoms. The van der Waals surface area contributed by atoms with Crippen molar-refractivity contribution in [2.75, 3.05) is 18.4 Å². The maximum absolute atomic E-state index is 13.2. The molecule has 0 aliphatic carbocycles. The lowest BCUT2D eigenvalue weighted by molar-refractivity contribution is 0.103. The maximum Gasteiger partial charge on any atom is 0.265 e. The first-order valence-corrected chi connectivity index (χ1v) is 14.0. The monoisotopic (exact) mass is 528 g/mol. The van der Waals surface area contributed by atoms with E-state index in [9.17, 15) is 13.2 Å². The van der Waals surface area contributed by atoms with Crippen molar-refractivity contribution in [2.24, 2.45) is 0 Å². The number of amides is 1. The molecule has 0 radical (unpaired) electrons. The van der Waals surface area contributed by atoms with E-state index >= 15 is 0 Å². The van der Waals surface area contributed by atoms with E-state index in [0.29, 0.717) is 34.2 Å². The number of hydrogen-bond acceptors (Lipinski definition) is 5. The standard InChI is InChI=1S/C25H25ClN4O3S2/c1-16-6-9-19(14-23(16)35(32,33)29-12-4-3-5-13-29)27-24(31)22-15-21-17(2)28-30(25(21)34-22)20-10-7-18(26)8-11-20/h6-11,14-15H,3-5,12-13H2,1-2H3,(H,27,31). The number of nitrogens with zero attached hydrogens (tertiary/aromatic N) is 3. The second-order valence-corrected chi connectivity index (χ2v) is 12.1. The van der Waals surface area contributed by atoms with Crippen LogP contribution in [-0.4, -0.2) is 41.5 Å². The van der Waals surface area contributed by atoms with Gasteiger partial charge in [0, 0.05) is 29.2 Å². The number of sulfonamides is 1. The van der Waals surface area contributed by atoms with Crippen molar-refractivity contribution in [1.29, 1.82) is 0 Å². The fraction of sp³-hybridized carbons (Fsp3) is 0.280. The van der Waals surface area contributed by atoms with Crippen LogP contribution in [0.5, 0.6) is 0 Å². The van der Waals surface area contributed by atoms with Crippen LogP contribution in [0.3, 0.4) is 0 Å². The summed E-state index contributed by atoms with van der Waals surface area (Å²) in [5.41, 5.74) is 2.78. The van der Waals surface area contributed by atoms with Gasteiger partial charge in [0.2, 0.25) is 10.0 Å². The summed E-state index contributed by atoms with van der Waals surface area (Å²) in [6, 6.07) is 14.2. The SMILES string of the molecule is Cc1ccc(NC(=O)c2cc3c(C)nn(-c4ccc(Cl)cc4)c3s2)cc1S(=O)(=O)N1CCCCC1. The highest BCUT2D eigenvalue weighted by molar-refractivity contribution is 7.89. The number of thiophene rings is 1. The molecule has 3 heterocycles. The normalized spacial score (nSPS) is 14.9. The van der Waals surface area contributed by atoms with E-state index in [1.807, 2.05) is 25.1 Å². The summed E-state index contributed by atoms with van der Waals surface area (Å²) < 4.78 is 29.8. The summed E-state index contributed by atoms with van der Waals surface area (Å²) in [5.74, 6) is -0.293. The minimum Gasteiger partial charge on any atom is -0.321 e. The molecule has 1 fully saturated rings. The van der Waals surface area contributed by atoms with Crippen LogP contribution in [0.2, 0.25) is 5.02 Å². The van der Waals surface area contributed by atoms with Gasteiger partial charge in [0.25, 0.3) is 5.91 Å². The van der Waals surface area contributed by atoms with Crippen molar-refractivity contribution in [1.82, 2.24) is 14.1 Å². The number of aromatic nitrogens is 2. The molecule has 182 valence electrons. The Bertz CT molecular complexity index is 1520. The molecule has 1 amide bonds. The number of piperidine rings is 1. The Kier molecular flexibility index (Phi) is 6.43. The third-order valence-corrected chi connectivity index (χ3v) is 9.62. The van der Waals surface area contributed by atoms with Gasteiger partial charge in [-0.2, -0.15) is 9.40 Å². The summed E-state index contributed by atoms with van der Waals surface area (Å²) in [5, 5.41) is 9.02. The van der Waals surface area contributed by atoms with Gasteiger partial charge in [0.15, 0.2) is 0 Å². The molecular formula is C25H25ClN4O3S2. The molecule has 35 heavy (non-hydrogen) atoms. The topological polar surface area (TPSA) is 84.3 Å². The Morgan fingerprint density at radius 1 is 1.03 bits per heavy atom. The number of nitrogens with one attached hydrogen (secondary N) is 1. The minimum atomic E-state index is -3.61. The smallest absolute Gasteiger partial charge is 0.265 e. The first kappa shape index (κ1) is 24.0. The first-order valence-electron chi connectivity index (χ1n) is 11.4. The molecule has 2 aromatic carbocycles. The molecule has 1 N–H and O–H groups in total.